The minimum atomic E-state index is -0.489. The van der Waals surface area contributed by atoms with Gasteiger partial charge in [-0.3, -0.25) is 9.59 Å². The molecule has 3 aromatic carbocycles. The Labute approximate surface area is 205 Å². The van der Waals surface area contributed by atoms with Gasteiger partial charge in [-0.05, 0) is 59.5 Å². The molecule has 3 aromatic rings. The first-order valence-electron chi connectivity index (χ1n) is 11.5. The van der Waals surface area contributed by atoms with Gasteiger partial charge in [-0.2, -0.15) is 0 Å². The Bertz CT molecular complexity index is 1170. The van der Waals surface area contributed by atoms with Gasteiger partial charge in [0.25, 0.3) is 5.91 Å². The number of ether oxygens (including phenoxy) is 3. The summed E-state index contributed by atoms with van der Waals surface area (Å²) in [6.07, 6.45) is 0.994. The van der Waals surface area contributed by atoms with Crippen molar-refractivity contribution in [1.29, 1.82) is 0 Å². The highest BCUT2D eigenvalue weighted by Gasteiger charge is 2.22. The van der Waals surface area contributed by atoms with Crippen LogP contribution in [0.4, 0.5) is 5.69 Å². The van der Waals surface area contributed by atoms with E-state index in [2.05, 4.69) is 29.2 Å². The summed E-state index contributed by atoms with van der Waals surface area (Å²) < 4.78 is 15.5. The topological polar surface area (TPSA) is 68.3 Å². The molecule has 1 aliphatic heterocycles. The zero-order valence-electron chi connectivity index (χ0n) is 20.3. The minimum absolute atomic E-state index is 0.167. The molecule has 0 atom stereocenters. The molecule has 0 saturated carbocycles. The summed E-state index contributed by atoms with van der Waals surface area (Å²) in [7, 11) is 4.45. The molecule has 1 amide bonds. The summed E-state index contributed by atoms with van der Waals surface area (Å²) in [6, 6.07) is 21.4. The molecule has 7 nitrogen and oxygen atoms in total. The molecule has 0 spiro atoms. The van der Waals surface area contributed by atoms with E-state index in [4.69, 9.17) is 14.2 Å². The van der Waals surface area contributed by atoms with Crippen molar-refractivity contribution in [2.45, 2.75) is 19.5 Å². The van der Waals surface area contributed by atoms with Crippen molar-refractivity contribution in [3.63, 3.8) is 0 Å². The second-order valence-electron chi connectivity index (χ2n) is 8.45. The summed E-state index contributed by atoms with van der Waals surface area (Å²) in [5.74, 6) is 0.471. The summed E-state index contributed by atoms with van der Waals surface area (Å²) in [6.45, 7) is 1.80. The molecule has 0 unspecified atom stereocenters. The quantitative estimate of drug-likeness (QED) is 0.459. The van der Waals surface area contributed by atoms with Crippen LogP contribution in [-0.2, 0) is 29.0 Å². The Morgan fingerprint density at radius 1 is 0.886 bits per heavy atom. The summed E-state index contributed by atoms with van der Waals surface area (Å²) in [4.78, 5) is 29.3. The van der Waals surface area contributed by atoms with Gasteiger partial charge in [0, 0.05) is 37.0 Å². The molecule has 1 aliphatic rings. The van der Waals surface area contributed by atoms with Crippen LogP contribution in [0.3, 0.4) is 0 Å². The zero-order valence-corrected chi connectivity index (χ0v) is 20.3. The van der Waals surface area contributed by atoms with Crippen LogP contribution in [0.15, 0.2) is 66.7 Å². The van der Waals surface area contributed by atoms with Crippen molar-refractivity contribution in [1.82, 2.24) is 4.90 Å². The van der Waals surface area contributed by atoms with Gasteiger partial charge in [0.2, 0.25) is 0 Å². The van der Waals surface area contributed by atoms with Crippen LogP contribution in [0.1, 0.15) is 27.0 Å². The average molecular weight is 475 g/mol. The molecule has 35 heavy (non-hydrogen) atoms. The molecule has 1 heterocycles. The standard InChI is InChI=1S/C28H30N2O5/c1-33-25-14-20(15-26(16-25)34-2)17-30(19-27(31)35-3)28(32)22-8-10-24(11-9-22)29-13-12-21-6-4-5-7-23(21)18-29/h4-11,14-16H,12-13,17-19H2,1-3H3. The molecule has 0 radical (unpaired) electrons. The van der Waals surface area contributed by atoms with E-state index in [0.717, 1.165) is 30.8 Å². The maximum Gasteiger partial charge on any atom is 0.325 e. The largest absolute Gasteiger partial charge is 0.497 e. The molecule has 0 aromatic heterocycles. The summed E-state index contributed by atoms with van der Waals surface area (Å²) in [5.41, 5.74) is 5.07. The van der Waals surface area contributed by atoms with Gasteiger partial charge < -0.3 is 24.0 Å². The highest BCUT2D eigenvalue weighted by molar-refractivity contribution is 5.96. The lowest BCUT2D eigenvalue weighted by atomic mass is 9.99. The number of methoxy groups -OCH3 is 3. The van der Waals surface area contributed by atoms with E-state index in [1.54, 1.807) is 20.3 Å². The molecular formula is C28H30N2O5. The highest BCUT2D eigenvalue weighted by atomic mass is 16.5. The van der Waals surface area contributed by atoms with Crippen LogP contribution in [0.5, 0.6) is 11.5 Å². The zero-order chi connectivity index (χ0) is 24.8. The average Bonchev–Trinajstić information content (AvgIpc) is 2.91. The van der Waals surface area contributed by atoms with Crippen molar-refractivity contribution in [3.8, 4) is 11.5 Å². The Morgan fingerprint density at radius 2 is 1.54 bits per heavy atom. The van der Waals surface area contributed by atoms with Gasteiger partial charge >= 0.3 is 5.97 Å². The number of carbonyl (C=O) groups excluding carboxylic acids is 2. The first-order chi connectivity index (χ1) is 17.0. The van der Waals surface area contributed by atoms with E-state index < -0.39 is 5.97 Å². The SMILES string of the molecule is COC(=O)CN(Cc1cc(OC)cc(OC)c1)C(=O)c1ccc(N2CCc3ccccc3C2)cc1. The van der Waals surface area contributed by atoms with E-state index >= 15 is 0 Å². The maximum atomic E-state index is 13.4. The van der Waals surface area contributed by atoms with E-state index in [9.17, 15) is 9.59 Å². The second kappa shape index (κ2) is 11.0. The molecule has 4 rings (SSSR count). The van der Waals surface area contributed by atoms with E-state index in [-0.39, 0.29) is 19.0 Å². The second-order valence-corrected chi connectivity index (χ2v) is 8.45. The number of nitrogens with zero attached hydrogens (tertiary/aromatic N) is 2. The molecule has 0 aliphatic carbocycles. The first-order valence-corrected chi connectivity index (χ1v) is 11.5. The normalized spacial score (nSPS) is 12.5. The Balaban J connectivity index is 1.53. The molecule has 0 bridgehead atoms. The van der Waals surface area contributed by atoms with Crippen molar-refractivity contribution in [2.75, 3.05) is 39.3 Å². The number of hydrogen-bond donors (Lipinski definition) is 0. The van der Waals surface area contributed by atoms with Gasteiger partial charge in [-0.25, -0.2) is 0 Å². The third-order valence-electron chi connectivity index (χ3n) is 6.23. The number of fused-ring (bicyclic) bond motifs is 1. The molecular weight excluding hydrogens is 444 g/mol. The number of hydrogen-bond acceptors (Lipinski definition) is 6. The van der Waals surface area contributed by atoms with Crippen molar-refractivity contribution in [3.05, 3.63) is 89.0 Å². The lowest BCUT2D eigenvalue weighted by molar-refractivity contribution is -0.141. The van der Waals surface area contributed by atoms with Crippen molar-refractivity contribution < 1.29 is 23.8 Å². The molecule has 0 N–H and O–H groups in total. The number of anilines is 1. The molecule has 7 heteroatoms. The fraction of sp³-hybridized carbons (Fsp3) is 0.286. The van der Waals surface area contributed by atoms with Crippen molar-refractivity contribution in [2.24, 2.45) is 0 Å². The van der Waals surface area contributed by atoms with E-state index in [0.29, 0.717) is 17.1 Å². The number of rotatable bonds is 8. The van der Waals surface area contributed by atoms with Crippen LogP contribution in [0, 0.1) is 0 Å². The number of amides is 1. The maximum absolute atomic E-state index is 13.4. The van der Waals surface area contributed by atoms with Crippen LogP contribution in [-0.4, -0.2) is 51.2 Å². The summed E-state index contributed by atoms with van der Waals surface area (Å²) >= 11 is 0. The third kappa shape index (κ3) is 5.74. The van der Waals surface area contributed by atoms with E-state index in [1.807, 2.05) is 36.4 Å². The van der Waals surface area contributed by atoms with E-state index in [1.165, 1.54) is 23.1 Å². The van der Waals surface area contributed by atoms with Gasteiger partial charge in [0.1, 0.15) is 18.0 Å². The monoisotopic (exact) mass is 474 g/mol. The minimum Gasteiger partial charge on any atom is -0.497 e. The Hall–Kier alpha value is -4.00. The van der Waals surface area contributed by atoms with Crippen LogP contribution in [0.25, 0.3) is 0 Å². The lowest BCUT2D eigenvalue weighted by Crippen LogP contribution is -2.36. The predicted molar refractivity (Wildman–Crippen MR) is 134 cm³/mol. The van der Waals surface area contributed by atoms with Crippen LogP contribution >= 0.6 is 0 Å². The van der Waals surface area contributed by atoms with Crippen LogP contribution in [0.2, 0.25) is 0 Å². The fourth-order valence-corrected chi connectivity index (χ4v) is 4.31. The molecule has 0 saturated heterocycles. The van der Waals surface area contributed by atoms with Crippen molar-refractivity contribution >= 4 is 17.6 Å². The fourth-order valence-electron chi connectivity index (χ4n) is 4.31. The Morgan fingerprint density at radius 3 is 2.17 bits per heavy atom. The number of benzene rings is 3. The number of esters is 1. The Kier molecular flexibility index (Phi) is 7.55. The summed E-state index contributed by atoms with van der Waals surface area (Å²) in [5, 5.41) is 0. The number of carbonyl (C=O) groups is 2. The third-order valence-corrected chi connectivity index (χ3v) is 6.23. The van der Waals surface area contributed by atoms with Crippen LogP contribution < -0.4 is 14.4 Å². The lowest BCUT2D eigenvalue weighted by Gasteiger charge is -2.31. The van der Waals surface area contributed by atoms with Gasteiger partial charge in [-0.15, -0.1) is 0 Å². The van der Waals surface area contributed by atoms with Gasteiger partial charge in [0.15, 0.2) is 0 Å². The molecule has 182 valence electrons. The highest BCUT2D eigenvalue weighted by Crippen LogP contribution is 2.26. The molecule has 0 fully saturated rings. The van der Waals surface area contributed by atoms with Gasteiger partial charge in [0.05, 0.1) is 21.3 Å². The smallest absolute Gasteiger partial charge is 0.325 e. The first kappa shape index (κ1) is 24.1. The predicted octanol–water partition coefficient (Wildman–Crippen LogP) is 4.08. The van der Waals surface area contributed by atoms with Gasteiger partial charge in [-0.1, -0.05) is 24.3 Å².